The average molecular weight is 421 g/mol. The van der Waals surface area contributed by atoms with Crippen molar-refractivity contribution < 1.29 is 9.66 Å². The van der Waals surface area contributed by atoms with Crippen LogP contribution in [-0.4, -0.2) is 47.3 Å². The van der Waals surface area contributed by atoms with E-state index in [4.69, 9.17) is 28.6 Å². The van der Waals surface area contributed by atoms with Crippen LogP contribution in [0.1, 0.15) is 5.56 Å². The predicted molar refractivity (Wildman–Crippen MR) is 114 cm³/mol. The molecule has 0 aliphatic carbocycles. The molecule has 0 aromatic heterocycles. The minimum atomic E-state index is -0.477. The van der Waals surface area contributed by atoms with Crippen molar-refractivity contribution in [1.29, 1.82) is 0 Å². The van der Waals surface area contributed by atoms with E-state index in [1.54, 1.807) is 0 Å². The zero-order chi connectivity index (χ0) is 19.9. The van der Waals surface area contributed by atoms with Crippen molar-refractivity contribution in [3.8, 4) is 0 Å². The molecule has 0 spiro atoms. The first-order valence-electron chi connectivity index (χ1n) is 8.88. The van der Waals surface area contributed by atoms with E-state index >= 15 is 0 Å². The molecule has 0 amide bonds. The van der Waals surface area contributed by atoms with E-state index in [0.717, 1.165) is 19.6 Å². The highest BCUT2D eigenvalue weighted by atomic mass is 35.5. The van der Waals surface area contributed by atoms with Crippen LogP contribution >= 0.6 is 23.8 Å². The van der Waals surface area contributed by atoms with E-state index in [0.29, 0.717) is 29.0 Å². The highest BCUT2D eigenvalue weighted by molar-refractivity contribution is 7.80. The number of thiocarbonyl (C=S) groups is 1. The van der Waals surface area contributed by atoms with E-state index in [2.05, 4.69) is 27.7 Å². The van der Waals surface area contributed by atoms with Crippen molar-refractivity contribution in [3.63, 3.8) is 0 Å². The van der Waals surface area contributed by atoms with Gasteiger partial charge in [-0.1, -0.05) is 41.9 Å². The normalized spacial score (nSPS) is 17.1. The van der Waals surface area contributed by atoms with Crippen LogP contribution in [0, 0.1) is 10.1 Å². The van der Waals surface area contributed by atoms with E-state index in [1.807, 2.05) is 18.2 Å². The van der Waals surface area contributed by atoms with Crippen LogP contribution in [0.3, 0.4) is 0 Å². The highest BCUT2D eigenvalue weighted by Crippen LogP contribution is 2.26. The summed E-state index contributed by atoms with van der Waals surface area (Å²) in [5, 5.41) is 17.6. The SMILES string of the molecule is O=[N+]([O-])c1ccc(Cl)c(NC(=S)NC[C@@H]2CN(Cc3ccccc3)CCO2)c1. The topological polar surface area (TPSA) is 79.7 Å². The van der Waals surface area contributed by atoms with Crippen molar-refractivity contribution in [2.45, 2.75) is 12.6 Å². The molecular weight excluding hydrogens is 400 g/mol. The fourth-order valence-electron chi connectivity index (χ4n) is 2.98. The summed E-state index contributed by atoms with van der Waals surface area (Å²) in [5.41, 5.74) is 1.61. The zero-order valence-electron chi connectivity index (χ0n) is 15.1. The molecule has 2 aromatic rings. The second-order valence-corrected chi connectivity index (χ2v) is 7.29. The lowest BCUT2D eigenvalue weighted by Gasteiger charge is -2.33. The molecule has 28 heavy (non-hydrogen) atoms. The van der Waals surface area contributed by atoms with Gasteiger partial charge in [0.25, 0.3) is 5.69 Å². The molecule has 2 N–H and O–H groups in total. The van der Waals surface area contributed by atoms with E-state index in [-0.39, 0.29) is 11.8 Å². The minimum absolute atomic E-state index is 0.00204. The Balaban J connectivity index is 1.49. The van der Waals surface area contributed by atoms with Gasteiger partial charge < -0.3 is 15.4 Å². The summed E-state index contributed by atoms with van der Waals surface area (Å²) in [6, 6.07) is 14.5. The Morgan fingerprint density at radius 3 is 2.86 bits per heavy atom. The first-order valence-corrected chi connectivity index (χ1v) is 9.66. The maximum Gasteiger partial charge on any atom is 0.271 e. The molecule has 0 unspecified atom stereocenters. The van der Waals surface area contributed by atoms with Gasteiger partial charge in [-0.05, 0) is 23.8 Å². The van der Waals surface area contributed by atoms with Gasteiger partial charge in [0.05, 0.1) is 28.3 Å². The van der Waals surface area contributed by atoms with Gasteiger partial charge in [-0.15, -0.1) is 0 Å². The van der Waals surface area contributed by atoms with Gasteiger partial charge in [-0.3, -0.25) is 15.0 Å². The summed E-state index contributed by atoms with van der Waals surface area (Å²) in [7, 11) is 0. The maximum absolute atomic E-state index is 10.9. The van der Waals surface area contributed by atoms with Crippen LogP contribution in [0.4, 0.5) is 11.4 Å². The first-order chi connectivity index (χ1) is 13.5. The van der Waals surface area contributed by atoms with Crippen LogP contribution in [0.15, 0.2) is 48.5 Å². The van der Waals surface area contributed by atoms with Crippen molar-refractivity contribution in [3.05, 3.63) is 69.2 Å². The molecule has 148 valence electrons. The molecule has 9 heteroatoms. The molecular formula is C19H21ClN4O3S. The van der Waals surface area contributed by atoms with E-state index in [9.17, 15) is 10.1 Å². The number of hydrogen-bond acceptors (Lipinski definition) is 5. The number of rotatable bonds is 6. The monoisotopic (exact) mass is 420 g/mol. The number of nitro groups is 1. The summed E-state index contributed by atoms with van der Waals surface area (Å²) in [6.45, 7) is 3.76. The maximum atomic E-state index is 10.9. The summed E-state index contributed by atoms with van der Waals surface area (Å²) in [5.74, 6) is 0. The molecule has 3 rings (SSSR count). The van der Waals surface area contributed by atoms with Gasteiger partial charge >= 0.3 is 0 Å². The Hall–Kier alpha value is -2.26. The Morgan fingerprint density at radius 1 is 1.32 bits per heavy atom. The number of hydrogen-bond donors (Lipinski definition) is 2. The van der Waals surface area contributed by atoms with Gasteiger partial charge in [0.2, 0.25) is 0 Å². The summed E-state index contributed by atoms with van der Waals surface area (Å²) in [6.07, 6.45) is -0.00204. The molecule has 7 nitrogen and oxygen atoms in total. The van der Waals surface area contributed by atoms with Crippen LogP contribution in [0.2, 0.25) is 5.02 Å². The highest BCUT2D eigenvalue weighted by Gasteiger charge is 2.21. The quantitative estimate of drug-likeness (QED) is 0.421. The van der Waals surface area contributed by atoms with Gasteiger partial charge in [0.1, 0.15) is 0 Å². The van der Waals surface area contributed by atoms with Gasteiger partial charge in [-0.25, -0.2) is 0 Å². The number of anilines is 1. The number of benzene rings is 2. The summed E-state index contributed by atoms with van der Waals surface area (Å²) >= 11 is 11.4. The average Bonchev–Trinajstić information content (AvgIpc) is 2.69. The predicted octanol–water partition coefficient (Wildman–Crippen LogP) is 3.44. The van der Waals surface area contributed by atoms with E-state index in [1.165, 1.54) is 23.8 Å². The number of ether oxygens (including phenoxy) is 1. The molecule has 1 aliphatic heterocycles. The number of morpholine rings is 1. The number of nitrogens with one attached hydrogen (secondary N) is 2. The second-order valence-electron chi connectivity index (χ2n) is 6.47. The van der Waals surface area contributed by atoms with Gasteiger partial charge in [0.15, 0.2) is 5.11 Å². The number of nitro benzene ring substituents is 1. The molecule has 0 radical (unpaired) electrons. The molecule has 1 atom stereocenters. The summed E-state index contributed by atoms with van der Waals surface area (Å²) in [4.78, 5) is 12.8. The van der Waals surface area contributed by atoms with Crippen LogP contribution in [0.5, 0.6) is 0 Å². The largest absolute Gasteiger partial charge is 0.374 e. The van der Waals surface area contributed by atoms with Gasteiger partial charge in [0, 0.05) is 38.3 Å². The van der Waals surface area contributed by atoms with Crippen molar-refractivity contribution in [2.75, 3.05) is 31.6 Å². The lowest BCUT2D eigenvalue weighted by Crippen LogP contribution is -2.47. The Bertz CT molecular complexity index is 837. The second kappa shape index (κ2) is 9.79. The first kappa shape index (κ1) is 20.5. The fourth-order valence-corrected chi connectivity index (χ4v) is 3.34. The third kappa shape index (κ3) is 5.87. The lowest BCUT2D eigenvalue weighted by molar-refractivity contribution is -0.384. The molecule has 1 saturated heterocycles. The molecule has 0 bridgehead atoms. The number of halogens is 1. The van der Waals surface area contributed by atoms with Crippen LogP contribution in [0.25, 0.3) is 0 Å². The Kier molecular flexibility index (Phi) is 7.16. The summed E-state index contributed by atoms with van der Waals surface area (Å²) < 4.78 is 5.81. The minimum Gasteiger partial charge on any atom is -0.374 e. The van der Waals surface area contributed by atoms with Crippen LogP contribution < -0.4 is 10.6 Å². The zero-order valence-corrected chi connectivity index (χ0v) is 16.7. The van der Waals surface area contributed by atoms with E-state index < -0.39 is 4.92 Å². The Labute approximate surface area is 173 Å². The fraction of sp³-hybridized carbons (Fsp3) is 0.316. The van der Waals surface area contributed by atoms with Crippen molar-refractivity contribution >= 4 is 40.3 Å². The molecule has 1 aliphatic rings. The van der Waals surface area contributed by atoms with Crippen LogP contribution in [-0.2, 0) is 11.3 Å². The van der Waals surface area contributed by atoms with Crippen molar-refractivity contribution in [1.82, 2.24) is 10.2 Å². The number of nitrogens with zero attached hydrogens (tertiary/aromatic N) is 2. The lowest BCUT2D eigenvalue weighted by atomic mass is 10.2. The Morgan fingerprint density at radius 2 is 2.11 bits per heavy atom. The van der Waals surface area contributed by atoms with Gasteiger partial charge in [-0.2, -0.15) is 0 Å². The molecule has 2 aromatic carbocycles. The molecule has 1 heterocycles. The number of non-ortho nitro benzene ring substituents is 1. The third-order valence-electron chi connectivity index (χ3n) is 4.37. The van der Waals surface area contributed by atoms with Crippen molar-refractivity contribution in [2.24, 2.45) is 0 Å². The molecule has 1 fully saturated rings. The smallest absolute Gasteiger partial charge is 0.271 e. The standard InChI is InChI=1S/C19H21ClN4O3S/c20-17-7-6-15(24(25)26)10-18(17)22-19(28)21-11-16-13-23(8-9-27-16)12-14-4-2-1-3-5-14/h1-7,10,16H,8-9,11-13H2,(H2,21,22,28)/t16-/m1/s1. The molecule has 0 saturated carbocycles. The third-order valence-corrected chi connectivity index (χ3v) is 4.95.